The second kappa shape index (κ2) is 10.6. The zero-order valence-electron chi connectivity index (χ0n) is 9.18. The minimum absolute atomic E-state index is 0.361. The molecule has 2 nitrogen and oxygen atoms in total. The van der Waals surface area contributed by atoms with Gasteiger partial charge in [-0.05, 0) is 13.6 Å². The lowest BCUT2D eigenvalue weighted by Crippen LogP contribution is -2.20. The Morgan fingerprint density at radius 3 is 2.08 bits per heavy atom. The fraction of sp³-hybridized carbons (Fsp3) is 0.900. The van der Waals surface area contributed by atoms with Crippen molar-refractivity contribution in [1.29, 1.82) is 0 Å². The number of hydrogen-bond donors (Lipinski definition) is 0. The highest BCUT2D eigenvalue weighted by Crippen LogP contribution is 1.91. The number of carbonyl (C=O) groups is 1. The topological polar surface area (TPSA) is 20.3 Å². The second-order valence-electron chi connectivity index (χ2n) is 2.54. The number of ketones is 1. The largest absolute Gasteiger partial charge is 0.306 e. The van der Waals surface area contributed by atoms with E-state index in [-0.39, 0.29) is 0 Å². The highest BCUT2D eigenvalue weighted by atomic mass is 16.1. The molecule has 0 bridgehead atoms. The van der Waals surface area contributed by atoms with E-state index in [1.165, 1.54) is 0 Å². The molecule has 0 saturated carbocycles. The molecule has 0 amide bonds. The third kappa shape index (κ3) is 9.63. The maximum Gasteiger partial charge on any atom is 0.133 e. The number of carbonyl (C=O) groups excluding carboxylic acids is 1. The van der Waals surface area contributed by atoms with E-state index in [2.05, 4.69) is 11.8 Å². The van der Waals surface area contributed by atoms with E-state index in [4.69, 9.17) is 0 Å². The van der Waals surface area contributed by atoms with Crippen LogP contribution in [0.2, 0.25) is 0 Å². The first-order valence-electron chi connectivity index (χ1n) is 4.91. The van der Waals surface area contributed by atoms with E-state index in [9.17, 15) is 4.79 Å². The highest BCUT2D eigenvalue weighted by molar-refractivity contribution is 5.78. The predicted octanol–water partition coefficient (Wildman–Crippen LogP) is 2.33. The van der Waals surface area contributed by atoms with Gasteiger partial charge in [0.25, 0.3) is 0 Å². The Morgan fingerprint density at radius 2 is 1.75 bits per heavy atom. The van der Waals surface area contributed by atoms with Crippen molar-refractivity contribution in [1.82, 2.24) is 4.90 Å². The van der Waals surface area contributed by atoms with Crippen molar-refractivity contribution in [3.8, 4) is 0 Å². The van der Waals surface area contributed by atoms with Crippen LogP contribution in [-0.2, 0) is 4.79 Å². The summed E-state index contributed by atoms with van der Waals surface area (Å²) in [4.78, 5) is 13.0. The molecule has 0 unspecified atom stereocenters. The molecule has 0 N–H and O–H groups in total. The molecule has 0 aromatic rings. The van der Waals surface area contributed by atoms with E-state index in [0.717, 1.165) is 13.1 Å². The van der Waals surface area contributed by atoms with Crippen LogP contribution in [0.25, 0.3) is 0 Å². The van der Waals surface area contributed by atoms with Gasteiger partial charge in [-0.3, -0.25) is 4.79 Å². The normalized spacial score (nSPS) is 9.17. The lowest BCUT2D eigenvalue weighted by molar-refractivity contribution is -0.119. The summed E-state index contributed by atoms with van der Waals surface area (Å²) >= 11 is 0. The Balaban J connectivity index is 0. The van der Waals surface area contributed by atoms with Gasteiger partial charge in [0.15, 0.2) is 0 Å². The maximum absolute atomic E-state index is 10.8. The van der Waals surface area contributed by atoms with Crippen LogP contribution in [0.3, 0.4) is 0 Å². The van der Waals surface area contributed by atoms with Crippen LogP contribution in [0.5, 0.6) is 0 Å². The van der Waals surface area contributed by atoms with Gasteiger partial charge >= 0.3 is 0 Å². The van der Waals surface area contributed by atoms with Crippen LogP contribution in [-0.4, -0.2) is 30.8 Å². The Hall–Kier alpha value is -0.370. The van der Waals surface area contributed by atoms with Crippen LogP contribution in [0.15, 0.2) is 0 Å². The molecule has 0 aliphatic carbocycles. The molecule has 0 spiro atoms. The van der Waals surface area contributed by atoms with Gasteiger partial charge in [-0.25, -0.2) is 0 Å². The summed E-state index contributed by atoms with van der Waals surface area (Å²) in [6, 6.07) is 0. The Morgan fingerprint density at radius 1 is 1.25 bits per heavy atom. The van der Waals surface area contributed by atoms with E-state index in [1.54, 1.807) is 0 Å². The fourth-order valence-corrected chi connectivity index (χ4v) is 0.650. The Kier molecular flexibility index (Phi) is 12.6. The molecule has 0 rings (SSSR count). The van der Waals surface area contributed by atoms with Crippen molar-refractivity contribution >= 4 is 5.78 Å². The summed E-state index contributed by atoms with van der Waals surface area (Å²) in [5.41, 5.74) is 0. The number of nitrogens with zero attached hydrogens (tertiary/aromatic N) is 1. The summed E-state index contributed by atoms with van der Waals surface area (Å²) in [6.07, 6.45) is 1.39. The van der Waals surface area contributed by atoms with Crippen LogP contribution < -0.4 is 0 Å². The van der Waals surface area contributed by atoms with Crippen LogP contribution in [0.4, 0.5) is 0 Å². The molecule has 0 aliphatic rings. The molecule has 0 aromatic carbocycles. The zero-order chi connectivity index (χ0) is 9.98. The molecule has 2 heteroatoms. The van der Waals surface area contributed by atoms with Crippen molar-refractivity contribution in [3.63, 3.8) is 0 Å². The molecule has 74 valence electrons. The molecule has 0 radical (unpaired) electrons. The molecule has 0 aliphatic heterocycles. The third-order valence-electron chi connectivity index (χ3n) is 1.71. The summed E-state index contributed by atoms with van der Waals surface area (Å²) < 4.78 is 0. The van der Waals surface area contributed by atoms with Crippen molar-refractivity contribution < 1.29 is 4.79 Å². The van der Waals surface area contributed by atoms with Gasteiger partial charge in [-0.2, -0.15) is 0 Å². The lowest BCUT2D eigenvalue weighted by atomic mass is 10.2. The summed E-state index contributed by atoms with van der Waals surface area (Å²) in [5.74, 6) is 0.361. The molecule has 12 heavy (non-hydrogen) atoms. The number of Topliss-reactive ketones (excluding diaryl/α,β-unsaturated/α-hetero) is 1. The van der Waals surface area contributed by atoms with Crippen LogP contribution in [0, 0.1) is 0 Å². The molecular weight excluding hydrogens is 150 g/mol. The molecule has 0 fully saturated rings. The van der Waals surface area contributed by atoms with Crippen LogP contribution in [0.1, 0.15) is 40.5 Å². The Bertz CT molecular complexity index is 102. The van der Waals surface area contributed by atoms with E-state index < -0.39 is 0 Å². The smallest absolute Gasteiger partial charge is 0.133 e. The molecular formula is C10H23NO. The average Bonchev–Trinajstić information content (AvgIpc) is 2.16. The van der Waals surface area contributed by atoms with Gasteiger partial charge in [0.1, 0.15) is 5.78 Å². The lowest BCUT2D eigenvalue weighted by Gasteiger charge is -2.11. The Labute approximate surface area is 77.0 Å². The van der Waals surface area contributed by atoms with Gasteiger partial charge in [-0.1, -0.05) is 27.7 Å². The molecule has 0 aromatic heterocycles. The van der Waals surface area contributed by atoms with Crippen molar-refractivity contribution in [3.05, 3.63) is 0 Å². The summed E-state index contributed by atoms with van der Waals surface area (Å²) in [7, 11) is 2.03. The van der Waals surface area contributed by atoms with E-state index in [1.807, 2.05) is 27.8 Å². The third-order valence-corrected chi connectivity index (χ3v) is 1.71. The van der Waals surface area contributed by atoms with Gasteiger partial charge in [0.2, 0.25) is 0 Å². The summed E-state index contributed by atoms with van der Waals surface area (Å²) in [5, 5.41) is 0. The SMILES string of the molecule is CC.CCC(=O)CCN(C)CC. The summed E-state index contributed by atoms with van der Waals surface area (Å²) in [6.45, 7) is 9.94. The minimum atomic E-state index is 0.361. The molecule has 0 heterocycles. The van der Waals surface area contributed by atoms with Crippen molar-refractivity contribution in [2.24, 2.45) is 0 Å². The fourth-order valence-electron chi connectivity index (χ4n) is 0.650. The predicted molar refractivity (Wildman–Crippen MR) is 54.4 cm³/mol. The first-order chi connectivity index (χ1) is 5.70. The molecule has 0 atom stereocenters. The van der Waals surface area contributed by atoms with E-state index in [0.29, 0.717) is 18.6 Å². The van der Waals surface area contributed by atoms with Crippen molar-refractivity contribution in [2.75, 3.05) is 20.1 Å². The van der Waals surface area contributed by atoms with Crippen molar-refractivity contribution in [2.45, 2.75) is 40.5 Å². The first-order valence-corrected chi connectivity index (χ1v) is 4.91. The maximum atomic E-state index is 10.8. The van der Waals surface area contributed by atoms with Gasteiger partial charge in [-0.15, -0.1) is 0 Å². The number of rotatable bonds is 5. The number of hydrogen-bond acceptors (Lipinski definition) is 2. The zero-order valence-corrected chi connectivity index (χ0v) is 9.18. The quantitative estimate of drug-likeness (QED) is 0.636. The second-order valence-corrected chi connectivity index (χ2v) is 2.54. The first kappa shape index (κ1) is 14.2. The van der Waals surface area contributed by atoms with Gasteiger partial charge in [0.05, 0.1) is 0 Å². The standard InChI is InChI=1S/C8H17NO.C2H6/c1-4-8(10)6-7-9(3)5-2;1-2/h4-7H2,1-3H3;1-2H3. The highest BCUT2D eigenvalue weighted by Gasteiger charge is 1.99. The molecule has 0 saturated heterocycles. The van der Waals surface area contributed by atoms with Gasteiger partial charge < -0.3 is 4.90 Å². The minimum Gasteiger partial charge on any atom is -0.306 e. The van der Waals surface area contributed by atoms with Gasteiger partial charge in [0, 0.05) is 19.4 Å². The monoisotopic (exact) mass is 173 g/mol. The average molecular weight is 173 g/mol. The van der Waals surface area contributed by atoms with Crippen LogP contribution >= 0.6 is 0 Å². The van der Waals surface area contributed by atoms with E-state index >= 15 is 0 Å².